The number of likely N-dealkylation sites (N-methyl/N-ethyl adjacent to an activating group) is 1. The van der Waals surface area contributed by atoms with Crippen LogP contribution in [0.2, 0.25) is 0 Å². The van der Waals surface area contributed by atoms with Gasteiger partial charge in [-0.25, -0.2) is 14.4 Å². The Bertz CT molecular complexity index is 695. The maximum absolute atomic E-state index is 12.3. The predicted molar refractivity (Wildman–Crippen MR) is 106 cm³/mol. The summed E-state index contributed by atoms with van der Waals surface area (Å²) in [4.78, 5) is 42.0. The van der Waals surface area contributed by atoms with Crippen LogP contribution in [0.1, 0.15) is 45.1 Å². The molecule has 0 spiro atoms. The normalized spacial score (nSPS) is 11.3. The number of nitrogens with zero attached hydrogens (tertiary/aromatic N) is 2. The van der Waals surface area contributed by atoms with E-state index in [-0.39, 0.29) is 19.4 Å². The van der Waals surface area contributed by atoms with Crippen molar-refractivity contribution in [3.05, 3.63) is 35.9 Å². The molecule has 0 aliphatic carbocycles. The lowest BCUT2D eigenvalue weighted by Crippen LogP contribution is -2.51. The van der Waals surface area contributed by atoms with Crippen molar-refractivity contribution in [2.45, 2.75) is 52.0 Å². The molecule has 0 saturated heterocycles. The number of aliphatic carboxylic acids is 1. The van der Waals surface area contributed by atoms with Crippen molar-refractivity contribution < 1.29 is 29.1 Å². The average molecular weight is 407 g/mol. The molecular weight excluding hydrogens is 378 g/mol. The van der Waals surface area contributed by atoms with E-state index in [0.717, 1.165) is 10.5 Å². The topological polar surface area (TPSA) is 120 Å². The summed E-state index contributed by atoms with van der Waals surface area (Å²) in [7, 11) is 1.34. The van der Waals surface area contributed by atoms with Crippen molar-refractivity contribution in [1.29, 1.82) is 5.41 Å². The lowest BCUT2D eigenvalue weighted by molar-refractivity contribution is -0.170. The summed E-state index contributed by atoms with van der Waals surface area (Å²) in [5.74, 6) is -2.46. The minimum absolute atomic E-state index is 0.0274. The van der Waals surface area contributed by atoms with E-state index in [0.29, 0.717) is 24.3 Å². The summed E-state index contributed by atoms with van der Waals surface area (Å²) in [6.07, 6.45) is 0.874. The maximum Gasteiger partial charge on any atom is 0.451 e. The average Bonchev–Trinajstić information content (AvgIpc) is 2.70. The molecule has 29 heavy (non-hydrogen) atoms. The van der Waals surface area contributed by atoms with Gasteiger partial charge in [-0.15, -0.1) is 0 Å². The van der Waals surface area contributed by atoms with E-state index in [4.69, 9.17) is 15.0 Å². The number of aryl methyl sites for hydroxylation is 1. The molecule has 9 heteroatoms. The Labute approximate surface area is 170 Å². The number of carboxylic acids is 1. The number of hydrogen-bond donors (Lipinski definition) is 2. The highest BCUT2D eigenvalue weighted by Gasteiger charge is 2.32. The molecule has 9 nitrogen and oxygen atoms in total. The first-order valence-electron chi connectivity index (χ1n) is 9.57. The highest BCUT2D eigenvalue weighted by molar-refractivity contribution is 5.94. The maximum atomic E-state index is 12.3. The second-order valence-electron chi connectivity index (χ2n) is 6.41. The molecule has 1 aromatic carbocycles. The molecule has 0 bridgehead atoms. The van der Waals surface area contributed by atoms with Crippen molar-refractivity contribution in [2.24, 2.45) is 0 Å². The van der Waals surface area contributed by atoms with Crippen LogP contribution in [0.4, 0.5) is 4.79 Å². The minimum atomic E-state index is -1.16. The zero-order valence-electron chi connectivity index (χ0n) is 17.1. The molecule has 0 fully saturated rings. The molecule has 1 rings (SSSR count). The number of carbonyl (C=O) groups excluding carboxylic acids is 2. The molecule has 0 heterocycles. The molecule has 1 unspecified atom stereocenters. The Kier molecular flexibility index (Phi) is 10.2. The van der Waals surface area contributed by atoms with E-state index in [1.54, 1.807) is 13.8 Å². The number of amides is 1. The third kappa shape index (κ3) is 7.81. The molecule has 1 amide bonds. The summed E-state index contributed by atoms with van der Waals surface area (Å²) < 4.78 is 4.97. The highest BCUT2D eigenvalue weighted by Crippen LogP contribution is 2.11. The number of benzene rings is 1. The Hall–Kier alpha value is -3.10. The number of hydrogen-bond acceptors (Lipinski definition) is 6. The third-order valence-corrected chi connectivity index (χ3v) is 4.14. The van der Waals surface area contributed by atoms with Gasteiger partial charge >= 0.3 is 18.0 Å². The van der Waals surface area contributed by atoms with E-state index < -0.39 is 30.0 Å². The van der Waals surface area contributed by atoms with Crippen molar-refractivity contribution in [2.75, 3.05) is 13.7 Å². The van der Waals surface area contributed by atoms with Gasteiger partial charge < -0.3 is 19.6 Å². The van der Waals surface area contributed by atoms with Gasteiger partial charge in [-0.2, -0.15) is 0 Å². The number of nitrogens with one attached hydrogen (secondary N) is 1. The van der Waals surface area contributed by atoms with Gasteiger partial charge in [0.1, 0.15) is 6.04 Å². The van der Waals surface area contributed by atoms with Crippen LogP contribution in [0.25, 0.3) is 0 Å². The van der Waals surface area contributed by atoms with Gasteiger partial charge in [0, 0.05) is 13.5 Å². The standard InChI is InChI=1S/C20H29N3O6/c1-4-14-28-20(27)23(19(21)22(3)16(5-2)18(25)26)29-17(24)13-9-12-15-10-7-6-8-11-15/h6-8,10-11,16,21H,4-5,9,12-14H2,1-3H3,(H,25,26). The van der Waals surface area contributed by atoms with Gasteiger partial charge in [0.25, 0.3) is 0 Å². The number of guanidine groups is 1. The molecule has 0 aromatic heterocycles. The molecule has 1 aromatic rings. The van der Waals surface area contributed by atoms with Gasteiger partial charge in [0.2, 0.25) is 5.96 Å². The monoisotopic (exact) mass is 407 g/mol. The predicted octanol–water partition coefficient (Wildman–Crippen LogP) is 3.05. The second kappa shape index (κ2) is 12.4. The van der Waals surface area contributed by atoms with Crippen LogP contribution in [0.3, 0.4) is 0 Å². The Morgan fingerprint density at radius 2 is 1.83 bits per heavy atom. The summed E-state index contributed by atoms with van der Waals surface area (Å²) >= 11 is 0. The smallest absolute Gasteiger partial charge is 0.451 e. The van der Waals surface area contributed by atoms with Crippen molar-refractivity contribution in [1.82, 2.24) is 9.96 Å². The first kappa shape index (κ1) is 23.9. The first-order valence-corrected chi connectivity index (χ1v) is 9.57. The third-order valence-electron chi connectivity index (χ3n) is 4.14. The van der Waals surface area contributed by atoms with Gasteiger partial charge in [-0.1, -0.05) is 49.2 Å². The molecular formula is C20H29N3O6. The van der Waals surface area contributed by atoms with Crippen LogP contribution >= 0.6 is 0 Å². The van der Waals surface area contributed by atoms with Crippen LogP contribution in [-0.2, 0) is 25.6 Å². The van der Waals surface area contributed by atoms with Crippen molar-refractivity contribution in [3.63, 3.8) is 0 Å². The lowest BCUT2D eigenvalue weighted by Gasteiger charge is -2.30. The zero-order chi connectivity index (χ0) is 21.8. The van der Waals surface area contributed by atoms with Gasteiger partial charge in [-0.3, -0.25) is 5.41 Å². The van der Waals surface area contributed by atoms with E-state index >= 15 is 0 Å². The molecule has 0 aliphatic rings. The van der Waals surface area contributed by atoms with E-state index in [9.17, 15) is 19.5 Å². The number of rotatable bonds is 9. The number of ether oxygens (including phenoxy) is 1. The largest absolute Gasteiger partial charge is 0.480 e. The van der Waals surface area contributed by atoms with Crippen molar-refractivity contribution >= 4 is 24.0 Å². The van der Waals surface area contributed by atoms with Gasteiger partial charge in [0.15, 0.2) is 0 Å². The summed E-state index contributed by atoms with van der Waals surface area (Å²) in [5.41, 5.74) is 1.07. The van der Waals surface area contributed by atoms with E-state index in [2.05, 4.69) is 0 Å². The van der Waals surface area contributed by atoms with Crippen LogP contribution in [0.15, 0.2) is 30.3 Å². The zero-order valence-corrected chi connectivity index (χ0v) is 17.1. The summed E-state index contributed by atoms with van der Waals surface area (Å²) in [6.45, 7) is 3.51. The Morgan fingerprint density at radius 1 is 1.17 bits per heavy atom. The van der Waals surface area contributed by atoms with Crippen LogP contribution in [-0.4, -0.2) is 58.8 Å². The van der Waals surface area contributed by atoms with Gasteiger partial charge in [0.05, 0.1) is 6.61 Å². The molecule has 0 saturated carbocycles. The number of hydroxylamine groups is 2. The minimum Gasteiger partial charge on any atom is -0.480 e. The van der Waals surface area contributed by atoms with E-state index in [1.807, 2.05) is 30.3 Å². The molecule has 1 atom stereocenters. The number of carboxylic acid groups (broad SMARTS) is 1. The Balaban J connectivity index is 2.77. The van der Waals surface area contributed by atoms with Gasteiger partial charge in [-0.05, 0) is 31.2 Å². The fourth-order valence-electron chi connectivity index (χ4n) is 2.55. The van der Waals surface area contributed by atoms with E-state index in [1.165, 1.54) is 7.05 Å². The van der Waals surface area contributed by atoms with Crippen LogP contribution < -0.4 is 0 Å². The Morgan fingerprint density at radius 3 is 2.38 bits per heavy atom. The quantitative estimate of drug-likeness (QED) is 0.367. The number of carbonyl (C=O) groups is 3. The molecule has 0 radical (unpaired) electrons. The van der Waals surface area contributed by atoms with Crippen LogP contribution in [0.5, 0.6) is 0 Å². The van der Waals surface area contributed by atoms with Crippen LogP contribution in [0, 0.1) is 5.41 Å². The summed E-state index contributed by atoms with van der Waals surface area (Å²) in [6, 6.07) is 8.55. The molecule has 160 valence electrons. The highest BCUT2D eigenvalue weighted by atomic mass is 16.8. The fraction of sp³-hybridized carbons (Fsp3) is 0.500. The lowest BCUT2D eigenvalue weighted by atomic mass is 10.1. The molecule has 0 aliphatic heterocycles. The fourth-order valence-corrected chi connectivity index (χ4v) is 2.55. The molecule has 2 N–H and O–H groups in total. The second-order valence-corrected chi connectivity index (χ2v) is 6.41. The summed E-state index contributed by atoms with van der Waals surface area (Å²) in [5, 5.41) is 17.8. The SMILES string of the molecule is CCCOC(=O)N(OC(=O)CCCc1ccccc1)C(=N)N(C)C(CC)C(=O)O. The van der Waals surface area contributed by atoms with Crippen molar-refractivity contribution in [3.8, 4) is 0 Å². The first-order chi connectivity index (χ1) is 13.8.